The summed E-state index contributed by atoms with van der Waals surface area (Å²) in [6, 6.07) is 3.17. The predicted octanol–water partition coefficient (Wildman–Crippen LogP) is 3.66. The number of alkyl halides is 2. The predicted molar refractivity (Wildman–Crippen MR) is 86.0 cm³/mol. The zero-order valence-corrected chi connectivity index (χ0v) is 13.3. The highest BCUT2D eigenvalue weighted by molar-refractivity contribution is 9.10. The second kappa shape index (κ2) is 5.57. The highest BCUT2D eigenvalue weighted by Gasteiger charge is 2.23. The number of hydrogen-bond donors (Lipinski definition) is 2. The number of anilines is 1. The minimum Gasteiger partial charge on any atom is -0.504 e. The van der Waals surface area contributed by atoms with Crippen LogP contribution in [-0.4, -0.2) is 26.8 Å². The molecule has 3 rings (SSSR count). The minimum atomic E-state index is -1.50. The molecule has 1 aliphatic carbocycles. The van der Waals surface area contributed by atoms with Gasteiger partial charge < -0.3 is 15.2 Å². The number of allylic oxidation sites excluding steroid dienone is 3. The molecule has 1 atom stereocenters. The summed E-state index contributed by atoms with van der Waals surface area (Å²) in [5, 5.41) is 13.6. The Hall–Kier alpha value is -2.15. The first kappa shape index (κ1) is 14.8. The van der Waals surface area contributed by atoms with Crippen molar-refractivity contribution in [2.75, 3.05) is 12.4 Å². The maximum atomic E-state index is 13.7. The molecule has 0 bridgehead atoms. The first-order valence-electron chi connectivity index (χ1n) is 6.54. The number of phenolic OH excluding ortho intramolecular Hbond substituents is 1. The summed E-state index contributed by atoms with van der Waals surface area (Å²) in [6.07, 6.45) is 6.43. The Morgan fingerprint density at radius 2 is 2.23 bits per heavy atom. The van der Waals surface area contributed by atoms with Crippen molar-refractivity contribution in [2.45, 2.75) is 11.0 Å². The molecule has 1 heterocycles. The van der Waals surface area contributed by atoms with E-state index in [1.807, 2.05) is 0 Å². The molecule has 0 amide bonds. The average molecular weight is 366 g/mol. The Labute approximate surface area is 134 Å². The van der Waals surface area contributed by atoms with Crippen LogP contribution >= 0.6 is 15.9 Å². The fourth-order valence-electron chi connectivity index (χ4n) is 2.16. The number of benzene rings is 1. The minimum absolute atomic E-state index is 0.0120. The van der Waals surface area contributed by atoms with Crippen LogP contribution in [0.3, 0.4) is 0 Å². The third-order valence-corrected chi connectivity index (χ3v) is 3.89. The second-order valence-electron chi connectivity index (χ2n) is 4.85. The first-order chi connectivity index (χ1) is 10.5. The molecule has 0 radical (unpaired) electrons. The van der Waals surface area contributed by atoms with E-state index < -0.39 is 4.58 Å². The van der Waals surface area contributed by atoms with Crippen LogP contribution in [-0.2, 0) is 0 Å². The van der Waals surface area contributed by atoms with Crippen LogP contribution in [0.15, 0.2) is 42.4 Å². The summed E-state index contributed by atoms with van der Waals surface area (Å²) >= 11 is 2.98. The topological polar surface area (TPSA) is 67.3 Å². The molecule has 1 aromatic heterocycles. The van der Waals surface area contributed by atoms with Gasteiger partial charge in [0.15, 0.2) is 16.1 Å². The maximum Gasteiger partial charge on any atom is 0.187 e. The van der Waals surface area contributed by atoms with Gasteiger partial charge in [0.1, 0.15) is 12.1 Å². The van der Waals surface area contributed by atoms with Crippen molar-refractivity contribution in [3.8, 4) is 11.5 Å². The number of rotatable bonds is 3. The van der Waals surface area contributed by atoms with E-state index in [0.717, 1.165) is 5.70 Å². The number of aromatic nitrogens is 2. The lowest BCUT2D eigenvalue weighted by Gasteiger charge is -2.18. The van der Waals surface area contributed by atoms with Gasteiger partial charge in [-0.1, -0.05) is 6.08 Å². The number of methoxy groups -OCH3 is 1. The molecule has 0 aliphatic heterocycles. The third kappa shape index (κ3) is 2.89. The SMILES string of the molecule is COc1cc2c(NC3=CCC(F)(Br)C=C3)ncnc2cc1O. The number of aromatic hydroxyl groups is 1. The lowest BCUT2D eigenvalue weighted by molar-refractivity contribution is 0.366. The largest absolute Gasteiger partial charge is 0.504 e. The molecular formula is C15H13BrFN3O2. The number of ether oxygens (including phenoxy) is 1. The van der Waals surface area contributed by atoms with Gasteiger partial charge in [-0.2, -0.15) is 0 Å². The fourth-order valence-corrected chi connectivity index (χ4v) is 2.45. The molecule has 22 heavy (non-hydrogen) atoms. The summed E-state index contributed by atoms with van der Waals surface area (Å²) in [7, 11) is 1.47. The standard InChI is InChI=1S/C15H13BrFN3O2/c1-22-13-6-10-11(7-12(13)21)18-8-19-14(10)20-9-2-4-15(16,17)5-3-9/h2-4,6-8,21H,5H2,1H3,(H,18,19,20). The Morgan fingerprint density at radius 3 is 2.91 bits per heavy atom. The highest BCUT2D eigenvalue weighted by Crippen LogP contribution is 2.34. The molecule has 2 N–H and O–H groups in total. The quantitative estimate of drug-likeness (QED) is 0.812. The highest BCUT2D eigenvalue weighted by atomic mass is 79.9. The number of fused-ring (bicyclic) bond motifs is 1. The molecule has 1 aliphatic rings. The Kier molecular flexibility index (Phi) is 3.74. The molecule has 0 spiro atoms. The lowest BCUT2D eigenvalue weighted by Crippen LogP contribution is -2.13. The van der Waals surface area contributed by atoms with E-state index in [9.17, 15) is 9.50 Å². The molecule has 114 valence electrons. The number of halogens is 2. The summed E-state index contributed by atoms with van der Waals surface area (Å²) in [5.74, 6) is 0.903. The fraction of sp³-hybridized carbons (Fsp3) is 0.200. The van der Waals surface area contributed by atoms with Gasteiger partial charge in [0.05, 0.1) is 12.6 Å². The first-order valence-corrected chi connectivity index (χ1v) is 7.34. The summed E-state index contributed by atoms with van der Waals surface area (Å²) < 4.78 is 17.3. The Bertz CT molecular complexity index is 790. The van der Waals surface area contributed by atoms with Gasteiger partial charge in [-0.3, -0.25) is 0 Å². The zero-order chi connectivity index (χ0) is 15.7. The van der Waals surface area contributed by atoms with Crippen molar-refractivity contribution >= 4 is 32.7 Å². The molecule has 0 fully saturated rings. The van der Waals surface area contributed by atoms with Gasteiger partial charge in [0.25, 0.3) is 0 Å². The van der Waals surface area contributed by atoms with Crippen molar-refractivity contribution in [3.63, 3.8) is 0 Å². The van der Waals surface area contributed by atoms with Gasteiger partial charge in [-0.25, -0.2) is 14.4 Å². The maximum absolute atomic E-state index is 13.7. The van der Waals surface area contributed by atoms with E-state index in [0.29, 0.717) is 22.5 Å². The Balaban J connectivity index is 1.98. The molecular weight excluding hydrogens is 353 g/mol. The molecule has 1 aromatic carbocycles. The monoisotopic (exact) mass is 365 g/mol. The van der Waals surface area contributed by atoms with Crippen LogP contribution < -0.4 is 10.1 Å². The number of nitrogens with one attached hydrogen (secondary N) is 1. The van der Waals surface area contributed by atoms with Crippen LogP contribution in [0.4, 0.5) is 10.2 Å². The van der Waals surface area contributed by atoms with Crippen molar-refractivity contribution in [3.05, 3.63) is 42.4 Å². The summed E-state index contributed by atoms with van der Waals surface area (Å²) in [5.41, 5.74) is 1.32. The summed E-state index contributed by atoms with van der Waals surface area (Å²) in [4.78, 5) is 8.33. The molecule has 0 saturated carbocycles. The molecule has 0 saturated heterocycles. The van der Waals surface area contributed by atoms with Crippen molar-refractivity contribution in [1.29, 1.82) is 0 Å². The van der Waals surface area contributed by atoms with Crippen molar-refractivity contribution < 1.29 is 14.2 Å². The smallest absolute Gasteiger partial charge is 0.187 e. The van der Waals surface area contributed by atoms with E-state index in [4.69, 9.17) is 4.74 Å². The van der Waals surface area contributed by atoms with Crippen LogP contribution in [0.2, 0.25) is 0 Å². The third-order valence-electron chi connectivity index (χ3n) is 3.30. The van der Waals surface area contributed by atoms with E-state index in [1.54, 1.807) is 18.2 Å². The summed E-state index contributed by atoms with van der Waals surface area (Å²) in [6.45, 7) is 0. The normalized spacial score (nSPS) is 20.8. The number of phenols is 1. The van der Waals surface area contributed by atoms with Crippen LogP contribution in [0, 0.1) is 0 Å². The van der Waals surface area contributed by atoms with Gasteiger partial charge in [0.2, 0.25) is 0 Å². The van der Waals surface area contributed by atoms with Gasteiger partial charge in [-0.15, -0.1) is 0 Å². The number of nitrogens with zero attached hydrogens (tertiary/aromatic N) is 2. The van der Waals surface area contributed by atoms with Gasteiger partial charge in [-0.05, 0) is 34.1 Å². The van der Waals surface area contributed by atoms with Crippen molar-refractivity contribution in [1.82, 2.24) is 9.97 Å². The molecule has 5 nitrogen and oxygen atoms in total. The van der Waals surface area contributed by atoms with Crippen LogP contribution in [0.25, 0.3) is 10.9 Å². The molecule has 1 unspecified atom stereocenters. The number of hydrogen-bond acceptors (Lipinski definition) is 5. The van der Waals surface area contributed by atoms with E-state index in [1.165, 1.54) is 25.6 Å². The van der Waals surface area contributed by atoms with E-state index in [-0.39, 0.29) is 12.2 Å². The molecule has 7 heteroatoms. The second-order valence-corrected chi connectivity index (χ2v) is 6.16. The molecule has 2 aromatic rings. The van der Waals surface area contributed by atoms with Gasteiger partial charge >= 0.3 is 0 Å². The van der Waals surface area contributed by atoms with E-state index in [2.05, 4.69) is 31.2 Å². The van der Waals surface area contributed by atoms with Crippen LogP contribution in [0.1, 0.15) is 6.42 Å². The van der Waals surface area contributed by atoms with Gasteiger partial charge in [0, 0.05) is 23.6 Å². The van der Waals surface area contributed by atoms with Crippen molar-refractivity contribution in [2.24, 2.45) is 0 Å². The zero-order valence-electron chi connectivity index (χ0n) is 11.7. The Morgan fingerprint density at radius 1 is 1.41 bits per heavy atom. The average Bonchev–Trinajstić information content (AvgIpc) is 2.49. The van der Waals surface area contributed by atoms with Crippen LogP contribution in [0.5, 0.6) is 11.5 Å². The van der Waals surface area contributed by atoms with E-state index >= 15 is 0 Å². The lowest BCUT2D eigenvalue weighted by atomic mass is 10.1.